The molecule has 0 atom stereocenters. The molecule has 16 heavy (non-hydrogen) atoms. The monoisotopic (exact) mass is 240 g/mol. The van der Waals surface area contributed by atoms with Crippen molar-refractivity contribution >= 4 is 11.8 Å². The molecular weight excluding hydrogens is 225 g/mol. The van der Waals surface area contributed by atoms with Gasteiger partial charge in [-0.2, -0.15) is 8.78 Å². The molecule has 94 valence electrons. The van der Waals surface area contributed by atoms with Crippen molar-refractivity contribution in [2.45, 2.75) is 38.5 Å². The first-order valence-corrected chi connectivity index (χ1v) is 5.11. The molecule has 0 amide bonds. The number of carbonyl (C=O) groups is 2. The maximum absolute atomic E-state index is 12.7. The van der Waals surface area contributed by atoms with Crippen molar-refractivity contribution in [3.63, 3.8) is 0 Å². The molecule has 0 heterocycles. The number of halogens is 3. The predicted octanol–water partition coefficient (Wildman–Crippen LogP) is 2.28. The maximum Gasteiger partial charge on any atom is 0.402 e. The summed E-state index contributed by atoms with van der Waals surface area (Å²) in [7, 11) is 0. The number of hydrogen-bond acceptors (Lipinski definition) is 3. The smallest absolute Gasteiger partial charge is 0.402 e. The Balaban J connectivity index is 3.92. The molecule has 0 aliphatic rings. The van der Waals surface area contributed by atoms with Crippen LogP contribution in [0.15, 0.2) is 0 Å². The molecule has 3 nitrogen and oxygen atoms in total. The lowest BCUT2D eigenvalue weighted by Gasteiger charge is -2.12. The van der Waals surface area contributed by atoms with Crippen LogP contribution in [-0.4, -0.2) is 31.0 Å². The molecule has 0 aliphatic heterocycles. The summed E-state index contributed by atoms with van der Waals surface area (Å²) in [6.07, 6.45) is 3.09. The van der Waals surface area contributed by atoms with E-state index < -0.39 is 24.3 Å². The zero-order valence-electron chi connectivity index (χ0n) is 9.10. The van der Waals surface area contributed by atoms with E-state index in [1.807, 2.05) is 6.92 Å². The van der Waals surface area contributed by atoms with Crippen molar-refractivity contribution in [2.75, 3.05) is 13.3 Å². The SMILES string of the molecule is CCCCCCOC(=O)C(F)(F)C(=O)CF. The van der Waals surface area contributed by atoms with Crippen molar-refractivity contribution in [1.29, 1.82) is 0 Å². The highest BCUT2D eigenvalue weighted by Gasteiger charge is 2.48. The summed E-state index contributed by atoms with van der Waals surface area (Å²) < 4.78 is 41.3. The van der Waals surface area contributed by atoms with Crippen molar-refractivity contribution in [3.05, 3.63) is 0 Å². The zero-order chi connectivity index (χ0) is 12.6. The first-order chi connectivity index (χ1) is 7.46. The molecule has 0 fully saturated rings. The second-order valence-electron chi connectivity index (χ2n) is 3.33. The molecule has 0 N–H and O–H groups in total. The van der Waals surface area contributed by atoms with Crippen LogP contribution in [0.2, 0.25) is 0 Å². The summed E-state index contributed by atoms with van der Waals surface area (Å²) >= 11 is 0. The van der Waals surface area contributed by atoms with Gasteiger partial charge in [0.25, 0.3) is 0 Å². The van der Waals surface area contributed by atoms with E-state index in [2.05, 4.69) is 4.74 Å². The van der Waals surface area contributed by atoms with Crippen LogP contribution in [0.25, 0.3) is 0 Å². The van der Waals surface area contributed by atoms with Gasteiger partial charge in [0.1, 0.15) is 0 Å². The van der Waals surface area contributed by atoms with Crippen LogP contribution in [0.4, 0.5) is 13.2 Å². The van der Waals surface area contributed by atoms with E-state index in [-0.39, 0.29) is 6.61 Å². The molecule has 0 radical (unpaired) electrons. The average molecular weight is 240 g/mol. The number of Topliss-reactive ketones (excluding diaryl/α,β-unsaturated/α-hetero) is 1. The van der Waals surface area contributed by atoms with Gasteiger partial charge in [-0.25, -0.2) is 9.18 Å². The lowest BCUT2D eigenvalue weighted by atomic mass is 10.2. The molecule has 0 aliphatic carbocycles. The summed E-state index contributed by atoms with van der Waals surface area (Å²) in [5.41, 5.74) is 0. The van der Waals surface area contributed by atoms with E-state index >= 15 is 0 Å². The molecule has 0 bridgehead atoms. The Hall–Kier alpha value is -1.07. The second kappa shape index (κ2) is 7.24. The summed E-state index contributed by atoms with van der Waals surface area (Å²) in [6, 6.07) is 0. The van der Waals surface area contributed by atoms with Crippen LogP contribution in [0.3, 0.4) is 0 Å². The fourth-order valence-corrected chi connectivity index (χ4v) is 0.982. The first-order valence-electron chi connectivity index (χ1n) is 5.11. The Morgan fingerprint density at radius 1 is 1.19 bits per heavy atom. The van der Waals surface area contributed by atoms with E-state index in [0.717, 1.165) is 19.3 Å². The van der Waals surface area contributed by atoms with Gasteiger partial charge in [0.05, 0.1) is 6.61 Å². The normalized spacial score (nSPS) is 11.2. The van der Waals surface area contributed by atoms with Gasteiger partial charge in [0.15, 0.2) is 6.67 Å². The number of ether oxygens (including phenoxy) is 1. The van der Waals surface area contributed by atoms with Crippen LogP contribution in [0, 0.1) is 0 Å². The van der Waals surface area contributed by atoms with Crippen LogP contribution < -0.4 is 0 Å². The van der Waals surface area contributed by atoms with E-state index in [4.69, 9.17) is 0 Å². The summed E-state index contributed by atoms with van der Waals surface area (Å²) in [6.45, 7) is -0.0774. The summed E-state index contributed by atoms with van der Waals surface area (Å²) in [4.78, 5) is 21.1. The topological polar surface area (TPSA) is 43.4 Å². The van der Waals surface area contributed by atoms with Crippen LogP contribution in [0.1, 0.15) is 32.6 Å². The number of rotatable bonds is 8. The number of carbonyl (C=O) groups excluding carboxylic acids is 2. The quantitative estimate of drug-likeness (QED) is 0.371. The third-order valence-electron chi connectivity index (χ3n) is 1.96. The minimum absolute atomic E-state index is 0.173. The van der Waals surface area contributed by atoms with Crippen LogP contribution in [-0.2, 0) is 14.3 Å². The summed E-state index contributed by atoms with van der Waals surface area (Å²) in [5, 5.41) is 0. The molecule has 0 aromatic heterocycles. The van der Waals surface area contributed by atoms with Gasteiger partial charge in [0, 0.05) is 0 Å². The third kappa shape index (κ3) is 4.63. The molecule has 0 spiro atoms. The van der Waals surface area contributed by atoms with Gasteiger partial charge in [-0.3, -0.25) is 4.79 Å². The minimum Gasteiger partial charge on any atom is -0.461 e. The minimum atomic E-state index is -4.36. The van der Waals surface area contributed by atoms with Gasteiger partial charge in [-0.15, -0.1) is 0 Å². The highest BCUT2D eigenvalue weighted by Crippen LogP contribution is 2.17. The third-order valence-corrected chi connectivity index (χ3v) is 1.96. The lowest BCUT2D eigenvalue weighted by Crippen LogP contribution is -2.40. The molecule has 0 saturated carbocycles. The zero-order valence-corrected chi connectivity index (χ0v) is 9.10. The fourth-order valence-electron chi connectivity index (χ4n) is 0.982. The van der Waals surface area contributed by atoms with Crippen molar-refractivity contribution in [3.8, 4) is 0 Å². The predicted molar refractivity (Wildman–Crippen MR) is 51.0 cm³/mol. The Morgan fingerprint density at radius 2 is 1.81 bits per heavy atom. The van der Waals surface area contributed by atoms with E-state index in [0.29, 0.717) is 6.42 Å². The first kappa shape index (κ1) is 14.9. The molecular formula is C10H15F3O3. The van der Waals surface area contributed by atoms with Crippen LogP contribution in [0.5, 0.6) is 0 Å². The Kier molecular flexibility index (Phi) is 6.76. The number of esters is 1. The second-order valence-corrected chi connectivity index (χ2v) is 3.33. The number of alkyl halides is 3. The standard InChI is InChI=1S/C10H15F3O3/c1-2-3-4-5-6-16-9(15)10(12,13)8(14)7-11/h2-7H2,1H3. The Labute approximate surface area is 92.0 Å². The molecule has 0 unspecified atom stereocenters. The van der Waals surface area contributed by atoms with Gasteiger partial charge >= 0.3 is 11.9 Å². The average Bonchev–Trinajstić information content (AvgIpc) is 2.27. The number of ketones is 1. The highest BCUT2D eigenvalue weighted by atomic mass is 19.3. The Bertz CT molecular complexity index is 241. The van der Waals surface area contributed by atoms with Crippen molar-refractivity contribution in [2.24, 2.45) is 0 Å². The van der Waals surface area contributed by atoms with Gasteiger partial charge in [-0.1, -0.05) is 26.2 Å². The van der Waals surface area contributed by atoms with E-state index in [1.165, 1.54) is 0 Å². The largest absolute Gasteiger partial charge is 0.461 e. The molecule has 6 heteroatoms. The van der Waals surface area contributed by atoms with Crippen molar-refractivity contribution < 1.29 is 27.5 Å². The van der Waals surface area contributed by atoms with Crippen molar-refractivity contribution in [1.82, 2.24) is 0 Å². The van der Waals surface area contributed by atoms with E-state index in [1.54, 1.807) is 0 Å². The molecule has 0 aromatic rings. The fraction of sp³-hybridized carbons (Fsp3) is 0.800. The maximum atomic E-state index is 12.7. The molecule has 0 rings (SSSR count). The molecule has 0 saturated heterocycles. The molecule has 0 aromatic carbocycles. The number of hydrogen-bond donors (Lipinski definition) is 0. The van der Waals surface area contributed by atoms with Gasteiger partial charge in [-0.05, 0) is 6.42 Å². The van der Waals surface area contributed by atoms with Gasteiger partial charge < -0.3 is 4.74 Å². The lowest BCUT2D eigenvalue weighted by molar-refractivity contribution is -0.177. The van der Waals surface area contributed by atoms with Crippen LogP contribution >= 0.6 is 0 Å². The summed E-state index contributed by atoms with van der Waals surface area (Å²) in [5.74, 6) is -8.39. The van der Waals surface area contributed by atoms with E-state index in [9.17, 15) is 22.8 Å². The Morgan fingerprint density at radius 3 is 2.31 bits per heavy atom. The van der Waals surface area contributed by atoms with Gasteiger partial charge in [0.2, 0.25) is 5.78 Å². The number of unbranched alkanes of at least 4 members (excludes halogenated alkanes) is 3. The highest BCUT2D eigenvalue weighted by molar-refractivity contribution is 6.05.